The number of Topliss-reactive ketones (excluding diaryl/α,β-unsaturated/α-hetero) is 2. The van der Waals surface area contributed by atoms with Crippen molar-refractivity contribution in [2.24, 2.45) is 57.2 Å². The van der Waals surface area contributed by atoms with Crippen LogP contribution in [0.5, 0.6) is 0 Å². The van der Waals surface area contributed by atoms with E-state index in [-0.39, 0.29) is 119 Å². The first kappa shape index (κ1) is 66.1. The number of aliphatic hydroxyl groups is 11. The second-order valence-corrected chi connectivity index (χ2v) is 35.6. The van der Waals surface area contributed by atoms with Gasteiger partial charge in [-0.2, -0.15) is 0 Å². The van der Waals surface area contributed by atoms with Gasteiger partial charge in [0.05, 0.1) is 70.9 Å². The standard InChI is InChI=1S/C24H38O8.C22H36O7.2Ac.Ce.3ClH/c1-11-8-16(28)22(7)19(23(11,30)10-25)13(3)24(31)9-15(27)12(2)17(21(24,5)6)18(20(22)29)32-14(4)26;1-10-7-14(25)20(6)17(21(10,28)9-23)12(3)22(29)8-13(24)11(2)15(19(22,4)5)16(26)18(20)27;;;;;;/h11,13,15-16,18-19,25,27-28,30-31H,8-10H2,1-7H3;10,12-14,16-17,23-26,28-29H,7-9H2,1-6H3;;;;3*1H/q;;;;+3;;;/p-3/t11-,13+,15?,16?,18?,19?,22-,23+,24?;10-,12+,13?,14?,16?,17?,20-,21+,22?;;;;;;/m11....../s1. The molecule has 18 atom stereocenters. The Morgan fingerprint density at radius 1 is 0.642 bits per heavy atom. The molecular formula is C46H74Ac2CeCl3O15. The van der Waals surface area contributed by atoms with Gasteiger partial charge in [0.1, 0.15) is 6.10 Å². The molecule has 10 unspecified atom stereocenters. The molecule has 15 nitrogen and oxygen atoms in total. The Morgan fingerprint density at radius 3 is 1.28 bits per heavy atom. The van der Waals surface area contributed by atoms with Gasteiger partial charge < -0.3 is 60.9 Å². The number of ketones is 2. The van der Waals surface area contributed by atoms with Gasteiger partial charge in [0, 0.05) is 131 Å². The number of hydrogen-bond donors (Lipinski definition) is 11. The van der Waals surface area contributed by atoms with Crippen LogP contribution in [0.4, 0.5) is 0 Å². The summed E-state index contributed by atoms with van der Waals surface area (Å²) in [6.07, 6.45) is -7.54. The summed E-state index contributed by atoms with van der Waals surface area (Å²) < 4.78 is 5.53. The fraction of sp³-hybridized carbons (Fsp3) is 0.848. The number of esters is 1. The quantitative estimate of drug-likeness (QED) is 0.143. The van der Waals surface area contributed by atoms with Crippen LogP contribution in [0.25, 0.3) is 0 Å². The third-order valence-electron chi connectivity index (χ3n) is 18.4. The van der Waals surface area contributed by atoms with Crippen molar-refractivity contribution in [3.63, 3.8) is 0 Å². The topological polar surface area (TPSA) is 283 Å². The molecule has 379 valence electrons. The molecule has 21 heteroatoms. The molecule has 6 rings (SSSR count). The number of aliphatic hydroxyl groups excluding tert-OH is 7. The third-order valence-corrected chi connectivity index (χ3v) is 18.4. The molecule has 6 aliphatic carbocycles. The van der Waals surface area contributed by atoms with E-state index in [4.69, 9.17) is 21.6 Å². The molecule has 4 saturated carbocycles. The maximum absolute atomic E-state index is 14.2. The van der Waals surface area contributed by atoms with Crippen LogP contribution in [0, 0.1) is 176 Å². The molecule has 0 spiro atoms. The number of carbonyl (C=O) groups is 3. The maximum atomic E-state index is 14.2. The van der Waals surface area contributed by atoms with Crippen LogP contribution >= 0.6 is 16.9 Å². The fourth-order valence-electron chi connectivity index (χ4n) is 14.2. The van der Waals surface area contributed by atoms with Crippen molar-refractivity contribution in [1.82, 2.24) is 0 Å². The number of hydrogen-bond acceptors (Lipinski definition) is 15. The second-order valence-electron chi connectivity index (χ2n) is 21.8. The van der Waals surface area contributed by atoms with E-state index >= 15 is 0 Å². The van der Waals surface area contributed by atoms with Crippen molar-refractivity contribution < 1.29 is 194 Å². The van der Waals surface area contributed by atoms with Gasteiger partial charge in [-0.25, -0.2) is 0 Å². The van der Waals surface area contributed by atoms with Crippen molar-refractivity contribution >= 4 is 34.4 Å². The molecular weight excluding hydrogens is 1490 g/mol. The van der Waals surface area contributed by atoms with Gasteiger partial charge in [-0.15, -0.1) is 0 Å². The second kappa shape index (κ2) is 22.9. The molecule has 2 radical (unpaired) electrons. The van der Waals surface area contributed by atoms with Crippen molar-refractivity contribution in [1.29, 1.82) is 0 Å². The van der Waals surface area contributed by atoms with Crippen LogP contribution in [0.3, 0.4) is 0 Å². The Hall–Kier alpha value is 2.98. The Labute approximate surface area is 488 Å². The van der Waals surface area contributed by atoms with Crippen molar-refractivity contribution in [2.75, 3.05) is 13.2 Å². The fourth-order valence-corrected chi connectivity index (χ4v) is 14.2. The van der Waals surface area contributed by atoms with Gasteiger partial charge in [0.25, 0.3) is 0 Å². The Balaban J connectivity index is 0.000000416. The molecule has 0 heterocycles. The molecule has 0 aromatic carbocycles. The van der Waals surface area contributed by atoms with Gasteiger partial charge in [0.2, 0.25) is 0 Å². The van der Waals surface area contributed by atoms with Crippen LogP contribution in [0.2, 0.25) is 0 Å². The van der Waals surface area contributed by atoms with Crippen LogP contribution < -0.4 is 0 Å². The Kier molecular flexibility index (Phi) is 22.6. The van der Waals surface area contributed by atoms with E-state index in [1.807, 2.05) is 0 Å². The Morgan fingerprint density at radius 2 is 0.955 bits per heavy atom. The number of rotatable bonds is 3. The normalized spacial score (nSPS) is 46.4. The van der Waals surface area contributed by atoms with Gasteiger partial charge in [-0.1, -0.05) is 55.4 Å². The predicted octanol–water partition coefficient (Wildman–Crippen LogP) is 2.94. The molecule has 4 bridgehead atoms. The summed E-state index contributed by atoms with van der Waals surface area (Å²) in [4.78, 5) is 39.9. The SMILES string of the molecule is CC(=O)OC1C(=O)[C@]2(C)C(O)C[C@@H](C)[C@@](O)(CO)C2[C@H](C)C2(O)CC(O)C(C)=C1C2(C)C.CC1=C2C(O)C(=O)[C@]3(C)C(O)C[C@@H](C)[C@@](O)(CO)C3[C@H](C)C(O)(CC1O)C2(C)C.[Ac].[Ac].[Cl][Ce]([Cl])[Cl]. The summed E-state index contributed by atoms with van der Waals surface area (Å²) in [6, 6.07) is 0. The zero-order valence-electron chi connectivity index (χ0n) is 41.0. The van der Waals surface area contributed by atoms with Crippen LogP contribution in [0.15, 0.2) is 22.3 Å². The zero-order chi connectivity index (χ0) is 50.5. The molecule has 0 aromatic rings. The summed E-state index contributed by atoms with van der Waals surface area (Å²) in [5.41, 5.74) is 4.40. The molecule has 0 aromatic heterocycles. The summed E-state index contributed by atoms with van der Waals surface area (Å²) >= 11 is -2.24. The first-order valence-electron chi connectivity index (χ1n) is 22.4. The minimum absolute atomic E-state index is 0. The number of fused-ring (bicyclic) bond motifs is 6. The first-order valence-corrected chi connectivity index (χ1v) is 34.2. The van der Waals surface area contributed by atoms with Crippen molar-refractivity contribution in [3.8, 4) is 0 Å². The van der Waals surface area contributed by atoms with E-state index in [9.17, 15) is 70.6 Å². The molecule has 0 amide bonds. The monoisotopic (exact) mass is 1570 g/mol. The summed E-state index contributed by atoms with van der Waals surface area (Å²) in [5.74, 6) is -6.76. The van der Waals surface area contributed by atoms with E-state index in [0.717, 1.165) is 0 Å². The van der Waals surface area contributed by atoms with E-state index < -0.39 is 178 Å². The number of ether oxygens (including phenoxy) is 1. The molecule has 11 N–H and O–H groups in total. The van der Waals surface area contributed by atoms with Gasteiger partial charge >= 0.3 is 53.5 Å². The van der Waals surface area contributed by atoms with Gasteiger partial charge in [-0.05, 0) is 86.5 Å². The van der Waals surface area contributed by atoms with E-state index in [2.05, 4.69) is 0 Å². The van der Waals surface area contributed by atoms with E-state index in [0.29, 0.717) is 16.7 Å². The number of carbonyl (C=O) groups excluding carboxylic acids is 3. The van der Waals surface area contributed by atoms with Crippen LogP contribution in [0.1, 0.15) is 116 Å². The zero-order valence-corrected chi connectivity index (χ0v) is 55.9. The van der Waals surface area contributed by atoms with Crippen molar-refractivity contribution in [3.05, 3.63) is 22.3 Å². The summed E-state index contributed by atoms with van der Waals surface area (Å²) in [7, 11) is 0. The van der Waals surface area contributed by atoms with Crippen LogP contribution in [-0.2, 0) is 19.1 Å². The van der Waals surface area contributed by atoms with E-state index in [1.165, 1.54) is 20.8 Å². The molecule has 67 heavy (non-hydrogen) atoms. The summed E-state index contributed by atoms with van der Waals surface area (Å²) in [6.45, 7) is 19.9. The molecule has 6 aliphatic rings. The van der Waals surface area contributed by atoms with Crippen LogP contribution in [-0.4, -0.2) is 146 Å². The molecule has 0 saturated heterocycles. The Bertz CT molecular complexity index is 1940. The van der Waals surface area contributed by atoms with Crippen molar-refractivity contribution in [2.45, 2.75) is 175 Å². The van der Waals surface area contributed by atoms with Gasteiger partial charge in [-0.3, -0.25) is 14.4 Å². The average Bonchev–Trinajstić information content (AvgIpc) is 3.19. The average molecular weight is 1570 g/mol. The summed E-state index contributed by atoms with van der Waals surface area (Å²) in [5, 5.41) is 123. The first-order chi connectivity index (χ1) is 29.4. The third kappa shape index (κ3) is 10.3. The van der Waals surface area contributed by atoms with E-state index in [1.54, 1.807) is 69.2 Å². The van der Waals surface area contributed by atoms with Gasteiger partial charge in [0.15, 0.2) is 17.7 Å². The minimum atomic E-state index is -2.24. The molecule has 0 aliphatic heterocycles. The number of halogens is 3. The molecule has 4 fully saturated rings. The predicted molar refractivity (Wildman–Crippen MR) is 238 cm³/mol.